The third-order valence-electron chi connectivity index (χ3n) is 5.42. The fourth-order valence-corrected chi connectivity index (χ4v) is 3.80. The van der Waals surface area contributed by atoms with Gasteiger partial charge in [-0.15, -0.1) is 0 Å². The molecule has 2 aliphatic rings. The number of nitrogens with zero attached hydrogens (tertiary/aromatic N) is 1. The predicted octanol–water partition coefficient (Wildman–Crippen LogP) is 3.34. The van der Waals surface area contributed by atoms with Crippen LogP contribution in [0.4, 0.5) is 5.69 Å². The fourth-order valence-electron chi connectivity index (χ4n) is 3.80. The summed E-state index contributed by atoms with van der Waals surface area (Å²) in [5.41, 5.74) is 1.29. The molecule has 0 aliphatic carbocycles. The number of hydrogen-bond donors (Lipinski definition) is 1. The molecule has 2 heterocycles. The summed E-state index contributed by atoms with van der Waals surface area (Å²) < 4.78 is 17.0. The van der Waals surface area contributed by atoms with Gasteiger partial charge in [0.15, 0.2) is 11.5 Å². The highest BCUT2D eigenvalue weighted by atomic mass is 16.6. The van der Waals surface area contributed by atoms with Gasteiger partial charge in [-0.2, -0.15) is 0 Å². The zero-order chi connectivity index (χ0) is 18.5. The van der Waals surface area contributed by atoms with Crippen molar-refractivity contribution < 1.29 is 14.2 Å². The molecule has 144 valence electrons. The molecule has 1 atom stereocenters. The summed E-state index contributed by atoms with van der Waals surface area (Å²) in [7, 11) is 1.71. The van der Waals surface area contributed by atoms with Crippen LogP contribution in [0.2, 0.25) is 0 Å². The van der Waals surface area contributed by atoms with Gasteiger partial charge in [0.2, 0.25) is 0 Å². The second-order valence-electron chi connectivity index (χ2n) is 7.28. The van der Waals surface area contributed by atoms with Gasteiger partial charge in [-0.3, -0.25) is 0 Å². The van der Waals surface area contributed by atoms with E-state index in [2.05, 4.69) is 22.3 Å². The van der Waals surface area contributed by atoms with Gasteiger partial charge in [0.25, 0.3) is 0 Å². The molecule has 1 N–H and O–H groups in total. The first kappa shape index (κ1) is 18.0. The van der Waals surface area contributed by atoms with E-state index in [-0.39, 0.29) is 6.10 Å². The molecule has 0 unspecified atom stereocenters. The number of benzene rings is 2. The Morgan fingerprint density at radius 1 is 1.00 bits per heavy atom. The van der Waals surface area contributed by atoms with Crippen LogP contribution in [0.1, 0.15) is 12.8 Å². The Bertz CT molecular complexity index is 727. The Labute approximate surface area is 161 Å². The normalized spacial score (nSPS) is 19.7. The fraction of sp³-hybridized carbons (Fsp3) is 0.455. The van der Waals surface area contributed by atoms with Crippen molar-refractivity contribution >= 4 is 5.69 Å². The molecule has 4 rings (SSSR count). The molecule has 2 aliphatic heterocycles. The van der Waals surface area contributed by atoms with Gasteiger partial charge in [0, 0.05) is 25.3 Å². The second-order valence-corrected chi connectivity index (χ2v) is 7.28. The molecule has 0 radical (unpaired) electrons. The summed E-state index contributed by atoms with van der Waals surface area (Å²) in [5, 5.41) is 3.59. The monoisotopic (exact) mass is 368 g/mol. The van der Waals surface area contributed by atoms with E-state index in [9.17, 15) is 0 Å². The van der Waals surface area contributed by atoms with Gasteiger partial charge < -0.3 is 24.4 Å². The van der Waals surface area contributed by atoms with Crippen molar-refractivity contribution in [1.82, 2.24) is 5.32 Å². The quantitative estimate of drug-likeness (QED) is 0.847. The van der Waals surface area contributed by atoms with Gasteiger partial charge in [0.1, 0.15) is 18.5 Å². The maximum atomic E-state index is 6.01. The Balaban J connectivity index is 1.18. The van der Waals surface area contributed by atoms with E-state index in [1.807, 2.05) is 36.4 Å². The minimum atomic E-state index is 0.0827. The lowest BCUT2D eigenvalue weighted by atomic mass is 9.96. The molecule has 1 saturated heterocycles. The van der Waals surface area contributed by atoms with Crippen LogP contribution < -0.4 is 24.4 Å². The molecule has 2 aromatic carbocycles. The first-order chi connectivity index (χ1) is 13.3. The third-order valence-corrected chi connectivity index (χ3v) is 5.42. The molecule has 0 saturated carbocycles. The number of fused-ring (bicyclic) bond motifs is 1. The van der Waals surface area contributed by atoms with Crippen molar-refractivity contribution in [3.05, 3.63) is 48.5 Å². The van der Waals surface area contributed by atoms with E-state index >= 15 is 0 Å². The van der Waals surface area contributed by atoms with E-state index in [4.69, 9.17) is 14.2 Å². The number of anilines is 1. The van der Waals surface area contributed by atoms with Crippen LogP contribution in [0, 0.1) is 5.92 Å². The number of nitrogens with one attached hydrogen (secondary N) is 1. The standard InChI is InChI=1S/C22H28N2O3/c1-25-19-8-6-18(7-9-19)24-12-10-17(11-13-24)14-23-15-20-16-26-21-4-2-3-5-22(21)27-20/h2-9,17,20,23H,10-16H2,1H3/t20-/m1/s1. The summed E-state index contributed by atoms with van der Waals surface area (Å²) in [4.78, 5) is 2.46. The summed E-state index contributed by atoms with van der Waals surface area (Å²) >= 11 is 0. The number of para-hydroxylation sites is 2. The van der Waals surface area contributed by atoms with Crippen molar-refractivity contribution in [1.29, 1.82) is 0 Å². The molecule has 0 bridgehead atoms. The van der Waals surface area contributed by atoms with E-state index in [1.165, 1.54) is 18.5 Å². The third kappa shape index (κ3) is 4.48. The lowest BCUT2D eigenvalue weighted by Crippen LogP contribution is -2.42. The summed E-state index contributed by atoms with van der Waals surface area (Å²) in [6.45, 7) is 4.69. The lowest BCUT2D eigenvalue weighted by molar-refractivity contribution is 0.0894. The predicted molar refractivity (Wildman–Crippen MR) is 107 cm³/mol. The van der Waals surface area contributed by atoms with E-state index in [1.54, 1.807) is 7.11 Å². The van der Waals surface area contributed by atoms with Crippen molar-refractivity contribution in [2.45, 2.75) is 18.9 Å². The molecule has 27 heavy (non-hydrogen) atoms. The van der Waals surface area contributed by atoms with E-state index in [0.29, 0.717) is 6.61 Å². The van der Waals surface area contributed by atoms with Crippen LogP contribution >= 0.6 is 0 Å². The first-order valence-electron chi connectivity index (χ1n) is 9.80. The van der Waals surface area contributed by atoms with Gasteiger partial charge in [-0.1, -0.05) is 12.1 Å². The number of methoxy groups -OCH3 is 1. The smallest absolute Gasteiger partial charge is 0.161 e. The molecule has 2 aromatic rings. The first-order valence-corrected chi connectivity index (χ1v) is 9.80. The molecule has 0 aromatic heterocycles. The maximum Gasteiger partial charge on any atom is 0.161 e. The molecule has 5 nitrogen and oxygen atoms in total. The van der Waals surface area contributed by atoms with Crippen molar-refractivity contribution in [3.8, 4) is 17.2 Å². The highest BCUT2D eigenvalue weighted by Crippen LogP contribution is 2.30. The summed E-state index contributed by atoms with van der Waals surface area (Å²) in [5.74, 6) is 3.33. The molecule has 0 amide bonds. The van der Waals surface area contributed by atoms with E-state index < -0.39 is 0 Å². The summed E-state index contributed by atoms with van der Waals surface area (Å²) in [6, 6.07) is 16.2. The largest absolute Gasteiger partial charge is 0.497 e. The number of ether oxygens (including phenoxy) is 3. The van der Waals surface area contributed by atoms with Gasteiger partial charge in [0.05, 0.1) is 7.11 Å². The topological polar surface area (TPSA) is 43.0 Å². The molecule has 0 spiro atoms. The van der Waals surface area contributed by atoms with E-state index in [0.717, 1.165) is 49.3 Å². The molecular formula is C22H28N2O3. The van der Waals surface area contributed by atoms with Gasteiger partial charge in [-0.25, -0.2) is 0 Å². The average molecular weight is 368 g/mol. The van der Waals surface area contributed by atoms with Crippen LogP contribution in [0.15, 0.2) is 48.5 Å². The van der Waals surface area contributed by atoms with Crippen LogP contribution in [0.25, 0.3) is 0 Å². The van der Waals surface area contributed by atoms with Crippen LogP contribution in [0.3, 0.4) is 0 Å². The molecule has 5 heteroatoms. The summed E-state index contributed by atoms with van der Waals surface area (Å²) in [6.07, 6.45) is 2.51. The Morgan fingerprint density at radius 2 is 1.74 bits per heavy atom. The SMILES string of the molecule is COc1ccc(N2CCC(CNC[C@@H]3COc4ccccc4O3)CC2)cc1. The lowest BCUT2D eigenvalue weighted by Gasteiger charge is -2.34. The minimum absolute atomic E-state index is 0.0827. The van der Waals surface area contributed by atoms with Gasteiger partial charge >= 0.3 is 0 Å². The van der Waals surface area contributed by atoms with Crippen molar-refractivity contribution in [3.63, 3.8) is 0 Å². The molecular weight excluding hydrogens is 340 g/mol. The van der Waals surface area contributed by atoms with Crippen molar-refractivity contribution in [2.24, 2.45) is 5.92 Å². The minimum Gasteiger partial charge on any atom is -0.497 e. The number of hydrogen-bond acceptors (Lipinski definition) is 5. The van der Waals surface area contributed by atoms with Crippen LogP contribution in [-0.2, 0) is 0 Å². The maximum absolute atomic E-state index is 6.01. The average Bonchev–Trinajstić information content (AvgIpc) is 2.74. The number of rotatable bonds is 6. The highest BCUT2D eigenvalue weighted by molar-refractivity contribution is 5.49. The van der Waals surface area contributed by atoms with Crippen LogP contribution in [0.5, 0.6) is 17.2 Å². The second kappa shape index (κ2) is 8.53. The Hall–Kier alpha value is -2.40. The Morgan fingerprint density at radius 3 is 2.48 bits per heavy atom. The Kier molecular flexibility index (Phi) is 5.68. The highest BCUT2D eigenvalue weighted by Gasteiger charge is 2.22. The molecule has 1 fully saturated rings. The van der Waals surface area contributed by atoms with Crippen molar-refractivity contribution in [2.75, 3.05) is 44.8 Å². The van der Waals surface area contributed by atoms with Gasteiger partial charge in [-0.05, 0) is 61.7 Å². The van der Waals surface area contributed by atoms with Crippen LogP contribution in [-0.4, -0.2) is 46.0 Å². The number of piperidine rings is 1. The zero-order valence-electron chi connectivity index (χ0n) is 15.9. The zero-order valence-corrected chi connectivity index (χ0v) is 15.9.